The van der Waals surface area contributed by atoms with Crippen molar-refractivity contribution < 1.29 is 4.92 Å². The van der Waals surface area contributed by atoms with Crippen LogP contribution in [0.15, 0.2) is 24.5 Å². The molecule has 0 radical (unpaired) electrons. The summed E-state index contributed by atoms with van der Waals surface area (Å²) in [4.78, 5) is 14.4. The smallest absolute Gasteiger partial charge is 0.313 e. The average molecular weight is 310 g/mol. The van der Waals surface area contributed by atoms with Gasteiger partial charge >= 0.3 is 5.69 Å². The number of anilines is 2. The van der Waals surface area contributed by atoms with Crippen LogP contribution in [0.4, 0.5) is 17.3 Å². The van der Waals surface area contributed by atoms with E-state index in [0.717, 1.165) is 13.0 Å². The van der Waals surface area contributed by atoms with Crippen LogP contribution in [0.1, 0.15) is 20.3 Å². The highest BCUT2D eigenvalue weighted by Gasteiger charge is 2.17. The summed E-state index contributed by atoms with van der Waals surface area (Å²) < 4.78 is 1.80. The van der Waals surface area contributed by atoms with Crippen LogP contribution in [0.25, 0.3) is 0 Å². The van der Waals surface area contributed by atoms with Gasteiger partial charge in [-0.05, 0) is 12.3 Å². The molecule has 0 aromatic carbocycles. The summed E-state index contributed by atoms with van der Waals surface area (Å²) in [6.07, 6.45) is 4.19. The molecule has 0 fully saturated rings. The molecule has 2 aromatic rings. The SMILES string of the molecule is CC(C)CCn1ccc(Nc2ncc(Cl)cc2[N+](=O)[O-])n1. The van der Waals surface area contributed by atoms with E-state index in [4.69, 9.17) is 11.6 Å². The van der Waals surface area contributed by atoms with E-state index in [1.807, 2.05) is 6.20 Å². The molecule has 21 heavy (non-hydrogen) atoms. The molecule has 7 nitrogen and oxygen atoms in total. The molecule has 0 amide bonds. The molecular formula is C13H16ClN5O2. The minimum Gasteiger partial charge on any atom is -0.318 e. The lowest BCUT2D eigenvalue weighted by molar-refractivity contribution is -0.384. The van der Waals surface area contributed by atoms with E-state index >= 15 is 0 Å². The van der Waals surface area contributed by atoms with Gasteiger partial charge in [-0.15, -0.1) is 0 Å². The number of hydrogen-bond donors (Lipinski definition) is 1. The van der Waals surface area contributed by atoms with Gasteiger partial charge in [0, 0.05) is 31.1 Å². The van der Waals surface area contributed by atoms with E-state index in [1.165, 1.54) is 12.3 Å². The van der Waals surface area contributed by atoms with Gasteiger partial charge in [-0.2, -0.15) is 5.10 Å². The van der Waals surface area contributed by atoms with Gasteiger partial charge in [0.2, 0.25) is 5.82 Å². The number of pyridine rings is 1. The maximum atomic E-state index is 11.0. The zero-order valence-corrected chi connectivity index (χ0v) is 12.5. The van der Waals surface area contributed by atoms with Crippen molar-refractivity contribution in [2.24, 2.45) is 5.92 Å². The van der Waals surface area contributed by atoms with Gasteiger partial charge in [-0.3, -0.25) is 14.8 Å². The van der Waals surface area contributed by atoms with E-state index in [0.29, 0.717) is 11.7 Å². The summed E-state index contributed by atoms with van der Waals surface area (Å²) in [5, 5.41) is 18.4. The first-order chi connectivity index (χ1) is 9.95. The molecule has 2 heterocycles. The fraction of sp³-hybridized carbons (Fsp3) is 0.385. The fourth-order valence-electron chi connectivity index (χ4n) is 1.73. The summed E-state index contributed by atoms with van der Waals surface area (Å²) in [5.41, 5.74) is -0.181. The lowest BCUT2D eigenvalue weighted by Crippen LogP contribution is -2.04. The van der Waals surface area contributed by atoms with Gasteiger partial charge in [-0.1, -0.05) is 25.4 Å². The zero-order chi connectivity index (χ0) is 15.4. The monoisotopic (exact) mass is 309 g/mol. The number of rotatable bonds is 6. The van der Waals surface area contributed by atoms with Gasteiger partial charge < -0.3 is 5.32 Å². The Morgan fingerprint density at radius 2 is 2.29 bits per heavy atom. The number of hydrogen-bond acceptors (Lipinski definition) is 5. The third kappa shape index (κ3) is 4.16. The summed E-state index contributed by atoms with van der Waals surface area (Å²) in [6, 6.07) is 3.01. The van der Waals surface area contributed by atoms with Crippen LogP contribution in [0.3, 0.4) is 0 Å². The number of halogens is 1. The highest BCUT2D eigenvalue weighted by molar-refractivity contribution is 6.30. The lowest BCUT2D eigenvalue weighted by Gasteiger charge is -2.05. The van der Waals surface area contributed by atoms with Crippen molar-refractivity contribution >= 4 is 28.9 Å². The normalized spacial score (nSPS) is 10.9. The number of nitrogens with one attached hydrogen (secondary N) is 1. The van der Waals surface area contributed by atoms with Crippen LogP contribution in [0.2, 0.25) is 5.02 Å². The Labute approximate surface area is 127 Å². The first-order valence-corrected chi connectivity index (χ1v) is 6.94. The minimum atomic E-state index is -0.531. The van der Waals surface area contributed by atoms with Gasteiger partial charge in [-0.25, -0.2) is 4.98 Å². The minimum absolute atomic E-state index is 0.124. The Morgan fingerprint density at radius 1 is 1.52 bits per heavy atom. The standard InChI is InChI=1S/C13H16ClN5O2/c1-9(2)3-5-18-6-4-12(17-18)16-13-11(19(20)21)7-10(14)8-15-13/h4,6-9H,3,5H2,1-2H3,(H,15,16,17). The topological polar surface area (TPSA) is 85.9 Å². The first kappa shape index (κ1) is 15.2. The molecule has 0 aliphatic heterocycles. The molecule has 2 rings (SSSR count). The van der Waals surface area contributed by atoms with Crippen molar-refractivity contribution in [1.82, 2.24) is 14.8 Å². The molecule has 8 heteroatoms. The number of aryl methyl sites for hydroxylation is 1. The Hall–Kier alpha value is -2.15. The fourth-order valence-corrected chi connectivity index (χ4v) is 1.88. The van der Waals surface area contributed by atoms with E-state index in [2.05, 4.69) is 29.2 Å². The first-order valence-electron chi connectivity index (χ1n) is 6.56. The number of aromatic nitrogens is 3. The van der Waals surface area contributed by atoms with Gasteiger partial charge in [0.1, 0.15) is 0 Å². The summed E-state index contributed by atoms with van der Waals surface area (Å²) in [6.45, 7) is 5.09. The van der Waals surface area contributed by atoms with Crippen molar-refractivity contribution in [3.8, 4) is 0 Å². The second-order valence-corrected chi connectivity index (χ2v) is 5.49. The van der Waals surface area contributed by atoms with Crippen LogP contribution in [-0.2, 0) is 6.54 Å². The second kappa shape index (κ2) is 6.53. The average Bonchev–Trinajstić information content (AvgIpc) is 2.86. The summed E-state index contributed by atoms with van der Waals surface area (Å²) in [5.74, 6) is 1.22. The molecule has 0 spiro atoms. The zero-order valence-electron chi connectivity index (χ0n) is 11.8. The Kier molecular flexibility index (Phi) is 4.74. The molecule has 0 bridgehead atoms. The van der Waals surface area contributed by atoms with E-state index in [9.17, 15) is 10.1 Å². The molecule has 0 aliphatic carbocycles. The Morgan fingerprint density at radius 3 is 2.95 bits per heavy atom. The molecule has 1 N–H and O–H groups in total. The predicted octanol–water partition coefficient (Wildman–Crippen LogP) is 3.63. The molecule has 0 saturated carbocycles. The van der Waals surface area contributed by atoms with Crippen molar-refractivity contribution in [3.05, 3.63) is 39.7 Å². The third-order valence-electron chi connectivity index (χ3n) is 2.85. The molecule has 0 unspecified atom stereocenters. The van der Waals surface area contributed by atoms with Crippen molar-refractivity contribution in [2.75, 3.05) is 5.32 Å². The van der Waals surface area contributed by atoms with Crippen LogP contribution in [0, 0.1) is 16.0 Å². The van der Waals surface area contributed by atoms with E-state index in [1.54, 1.807) is 10.7 Å². The van der Waals surface area contributed by atoms with E-state index < -0.39 is 4.92 Å². The van der Waals surface area contributed by atoms with Crippen molar-refractivity contribution in [3.63, 3.8) is 0 Å². The van der Waals surface area contributed by atoms with Gasteiger partial charge in [0.15, 0.2) is 5.82 Å². The highest BCUT2D eigenvalue weighted by atomic mass is 35.5. The van der Waals surface area contributed by atoms with Crippen LogP contribution in [-0.4, -0.2) is 19.7 Å². The Balaban J connectivity index is 2.13. The van der Waals surface area contributed by atoms with Crippen molar-refractivity contribution in [2.45, 2.75) is 26.8 Å². The molecule has 0 aliphatic rings. The summed E-state index contributed by atoms with van der Waals surface area (Å²) in [7, 11) is 0. The Bertz CT molecular complexity index is 641. The van der Waals surface area contributed by atoms with E-state index in [-0.39, 0.29) is 16.5 Å². The largest absolute Gasteiger partial charge is 0.318 e. The quantitative estimate of drug-likeness (QED) is 0.650. The number of nitro groups is 1. The molecular weight excluding hydrogens is 294 g/mol. The molecule has 0 saturated heterocycles. The third-order valence-corrected chi connectivity index (χ3v) is 3.06. The van der Waals surface area contributed by atoms with Crippen LogP contribution in [0.5, 0.6) is 0 Å². The highest BCUT2D eigenvalue weighted by Crippen LogP contribution is 2.27. The lowest BCUT2D eigenvalue weighted by atomic mass is 10.1. The molecule has 0 atom stereocenters. The van der Waals surface area contributed by atoms with Crippen LogP contribution < -0.4 is 5.32 Å². The molecule has 2 aromatic heterocycles. The molecule has 112 valence electrons. The van der Waals surface area contributed by atoms with Crippen LogP contribution >= 0.6 is 11.6 Å². The maximum Gasteiger partial charge on any atom is 0.313 e. The van der Waals surface area contributed by atoms with Crippen molar-refractivity contribution in [1.29, 1.82) is 0 Å². The predicted molar refractivity (Wildman–Crippen MR) is 80.9 cm³/mol. The number of nitrogens with zero attached hydrogens (tertiary/aromatic N) is 4. The summed E-state index contributed by atoms with van der Waals surface area (Å²) >= 11 is 5.72. The maximum absolute atomic E-state index is 11.0. The van der Waals surface area contributed by atoms with Gasteiger partial charge in [0.05, 0.1) is 9.95 Å². The van der Waals surface area contributed by atoms with Gasteiger partial charge in [0.25, 0.3) is 0 Å². The second-order valence-electron chi connectivity index (χ2n) is 5.05.